The third-order valence-corrected chi connectivity index (χ3v) is 4.55. The van der Waals surface area contributed by atoms with Gasteiger partial charge >= 0.3 is 0 Å². The van der Waals surface area contributed by atoms with Crippen LogP contribution < -0.4 is 4.74 Å². The molecule has 112 valence electrons. The molecule has 0 radical (unpaired) electrons. The van der Waals surface area contributed by atoms with E-state index in [1.807, 2.05) is 6.07 Å². The Kier molecular flexibility index (Phi) is 3.77. The van der Waals surface area contributed by atoms with Crippen LogP contribution in [0.4, 0.5) is 0 Å². The summed E-state index contributed by atoms with van der Waals surface area (Å²) in [6.45, 7) is 9.86. The normalized spacial score (nSPS) is 20.0. The van der Waals surface area contributed by atoms with Gasteiger partial charge in [-0.25, -0.2) is 0 Å². The molecule has 1 aromatic heterocycles. The molecule has 0 amide bonds. The average molecular weight is 284 g/mol. The summed E-state index contributed by atoms with van der Waals surface area (Å²) < 4.78 is 8.66. The first-order chi connectivity index (χ1) is 10.2. The van der Waals surface area contributed by atoms with Crippen LogP contribution >= 0.6 is 0 Å². The Morgan fingerprint density at radius 2 is 1.86 bits per heavy atom. The van der Waals surface area contributed by atoms with Crippen LogP contribution in [-0.4, -0.2) is 29.1 Å². The topological polar surface area (TPSA) is 17.4 Å². The van der Waals surface area contributed by atoms with Crippen molar-refractivity contribution in [2.75, 3.05) is 19.6 Å². The molecule has 0 N–H and O–H groups in total. The molecule has 1 unspecified atom stereocenters. The van der Waals surface area contributed by atoms with Crippen LogP contribution in [0.5, 0.6) is 5.75 Å². The molecular formula is C18H24N2O. The van der Waals surface area contributed by atoms with E-state index in [1.54, 1.807) is 0 Å². The van der Waals surface area contributed by atoms with Crippen molar-refractivity contribution in [3.63, 3.8) is 0 Å². The average Bonchev–Trinajstić information content (AvgIpc) is 2.99. The van der Waals surface area contributed by atoms with Crippen molar-refractivity contribution in [1.29, 1.82) is 0 Å². The summed E-state index contributed by atoms with van der Waals surface area (Å²) in [5, 5.41) is 0. The lowest BCUT2D eigenvalue weighted by Gasteiger charge is -2.38. The smallest absolute Gasteiger partial charge is 0.148 e. The van der Waals surface area contributed by atoms with Crippen LogP contribution in [0.3, 0.4) is 0 Å². The van der Waals surface area contributed by atoms with Gasteiger partial charge < -0.3 is 14.2 Å². The quantitative estimate of drug-likeness (QED) is 0.830. The molecule has 3 nitrogen and oxygen atoms in total. The number of rotatable bonds is 5. The van der Waals surface area contributed by atoms with E-state index >= 15 is 0 Å². The van der Waals surface area contributed by atoms with Crippen molar-refractivity contribution in [1.82, 2.24) is 9.47 Å². The molecule has 21 heavy (non-hydrogen) atoms. The molecule has 3 rings (SSSR count). The molecular weight excluding hydrogens is 260 g/mol. The van der Waals surface area contributed by atoms with E-state index in [2.05, 4.69) is 66.8 Å². The molecule has 1 atom stereocenters. The molecule has 1 aliphatic rings. The zero-order chi connectivity index (χ0) is 14.9. The molecule has 0 spiro atoms. The van der Waals surface area contributed by atoms with Crippen molar-refractivity contribution in [3.8, 4) is 11.4 Å². The van der Waals surface area contributed by atoms with Gasteiger partial charge in [0.15, 0.2) is 0 Å². The second kappa shape index (κ2) is 5.57. The molecule has 3 heteroatoms. The van der Waals surface area contributed by atoms with Crippen molar-refractivity contribution in [2.24, 2.45) is 0 Å². The maximum Gasteiger partial charge on any atom is 0.148 e. The molecule has 0 saturated heterocycles. The molecule has 0 aliphatic carbocycles. The number of ether oxygens (including phenoxy) is 1. The van der Waals surface area contributed by atoms with Crippen LogP contribution in [0.1, 0.15) is 32.9 Å². The minimum Gasteiger partial charge on any atom is -0.479 e. The van der Waals surface area contributed by atoms with Crippen molar-refractivity contribution >= 4 is 0 Å². The molecule has 0 fully saturated rings. The zero-order valence-corrected chi connectivity index (χ0v) is 13.2. The highest BCUT2D eigenvalue weighted by atomic mass is 16.5. The molecule has 2 heterocycles. The summed E-state index contributed by atoms with van der Waals surface area (Å²) in [5.74, 6) is 0.975. The van der Waals surface area contributed by atoms with E-state index in [0.29, 0.717) is 0 Å². The van der Waals surface area contributed by atoms with E-state index in [4.69, 9.17) is 4.74 Å². The zero-order valence-electron chi connectivity index (χ0n) is 13.2. The monoisotopic (exact) mass is 284 g/mol. The Hall–Kier alpha value is -1.74. The fraction of sp³-hybridized carbons (Fsp3) is 0.444. The summed E-state index contributed by atoms with van der Waals surface area (Å²) in [6.07, 6.45) is 3.12. The summed E-state index contributed by atoms with van der Waals surface area (Å²) in [7, 11) is 0. The van der Waals surface area contributed by atoms with Gasteiger partial charge in [0.25, 0.3) is 0 Å². The van der Waals surface area contributed by atoms with Crippen LogP contribution in [-0.2, 0) is 5.60 Å². The lowest BCUT2D eigenvalue weighted by atomic mass is 9.95. The number of benzene rings is 1. The second-order valence-electron chi connectivity index (χ2n) is 5.84. The fourth-order valence-corrected chi connectivity index (χ4v) is 3.15. The number of hydrogen-bond donors (Lipinski definition) is 0. The lowest BCUT2D eigenvalue weighted by molar-refractivity contribution is 0.0505. The number of para-hydroxylation sites is 2. The molecule has 0 bridgehead atoms. The van der Waals surface area contributed by atoms with E-state index < -0.39 is 0 Å². The first-order valence-corrected chi connectivity index (χ1v) is 7.86. The van der Waals surface area contributed by atoms with Gasteiger partial charge in [-0.05, 0) is 44.3 Å². The predicted octanol–water partition coefficient (Wildman–Crippen LogP) is 3.82. The third-order valence-electron chi connectivity index (χ3n) is 4.55. The Labute approximate surface area is 127 Å². The lowest BCUT2D eigenvalue weighted by Crippen LogP contribution is -2.39. The SMILES string of the molecule is CCN(CC)CCC1(C)Oc2ccccc2-n2cccc21. The molecule has 1 aromatic carbocycles. The first-order valence-electron chi connectivity index (χ1n) is 7.86. The van der Waals surface area contributed by atoms with E-state index in [1.165, 1.54) is 5.69 Å². The highest BCUT2D eigenvalue weighted by Gasteiger charge is 2.36. The van der Waals surface area contributed by atoms with E-state index in [-0.39, 0.29) is 5.60 Å². The van der Waals surface area contributed by atoms with Crippen molar-refractivity contribution in [3.05, 3.63) is 48.3 Å². The minimum atomic E-state index is -0.263. The summed E-state index contributed by atoms with van der Waals surface area (Å²) >= 11 is 0. The Balaban J connectivity index is 1.91. The number of aromatic nitrogens is 1. The Morgan fingerprint density at radius 1 is 1.10 bits per heavy atom. The first kappa shape index (κ1) is 14.2. The van der Waals surface area contributed by atoms with Crippen LogP contribution in [0.2, 0.25) is 0 Å². The number of hydrogen-bond acceptors (Lipinski definition) is 2. The van der Waals surface area contributed by atoms with Crippen molar-refractivity contribution in [2.45, 2.75) is 32.8 Å². The Bertz CT molecular complexity index is 615. The largest absolute Gasteiger partial charge is 0.479 e. The van der Waals surface area contributed by atoms with Gasteiger partial charge in [-0.15, -0.1) is 0 Å². The number of nitrogens with zero attached hydrogens (tertiary/aromatic N) is 2. The predicted molar refractivity (Wildman–Crippen MR) is 86.2 cm³/mol. The molecule has 1 aliphatic heterocycles. The fourth-order valence-electron chi connectivity index (χ4n) is 3.15. The van der Waals surface area contributed by atoms with Crippen LogP contribution in [0, 0.1) is 0 Å². The summed E-state index contributed by atoms with van der Waals surface area (Å²) in [6, 6.07) is 12.6. The molecule has 0 saturated carbocycles. The van der Waals surface area contributed by atoms with Crippen LogP contribution in [0.15, 0.2) is 42.6 Å². The Morgan fingerprint density at radius 3 is 2.62 bits per heavy atom. The van der Waals surface area contributed by atoms with Gasteiger partial charge in [-0.3, -0.25) is 0 Å². The van der Waals surface area contributed by atoms with Gasteiger partial charge in [-0.2, -0.15) is 0 Å². The molecule has 2 aromatic rings. The van der Waals surface area contributed by atoms with E-state index in [9.17, 15) is 0 Å². The highest BCUT2D eigenvalue weighted by Crippen LogP contribution is 2.40. The minimum absolute atomic E-state index is 0.263. The van der Waals surface area contributed by atoms with Gasteiger partial charge in [0.1, 0.15) is 11.4 Å². The summed E-state index contributed by atoms with van der Waals surface area (Å²) in [5.41, 5.74) is 2.12. The van der Waals surface area contributed by atoms with Gasteiger partial charge in [0, 0.05) is 19.2 Å². The van der Waals surface area contributed by atoms with Gasteiger partial charge in [0.2, 0.25) is 0 Å². The van der Waals surface area contributed by atoms with Gasteiger partial charge in [0.05, 0.1) is 11.4 Å². The standard InChI is InChI=1S/C18H24N2O/c1-4-19(5-2)14-12-18(3)17-11-8-13-20(17)15-9-6-7-10-16(15)21-18/h6-11,13H,4-5,12,14H2,1-3H3. The maximum atomic E-state index is 6.40. The second-order valence-corrected chi connectivity index (χ2v) is 5.84. The van der Waals surface area contributed by atoms with E-state index in [0.717, 1.165) is 37.5 Å². The summed E-state index contributed by atoms with van der Waals surface area (Å²) in [4.78, 5) is 2.45. The highest BCUT2D eigenvalue weighted by molar-refractivity contribution is 5.51. The maximum absolute atomic E-state index is 6.40. The van der Waals surface area contributed by atoms with Crippen LogP contribution in [0.25, 0.3) is 5.69 Å². The third kappa shape index (κ3) is 2.46. The van der Waals surface area contributed by atoms with Gasteiger partial charge in [-0.1, -0.05) is 26.0 Å². The number of fused-ring (bicyclic) bond motifs is 3. The van der Waals surface area contributed by atoms with Crippen molar-refractivity contribution < 1.29 is 4.74 Å².